The smallest absolute Gasteiger partial charge is 0.272 e. The normalized spacial score (nSPS) is 11.0. The van der Waals surface area contributed by atoms with Gasteiger partial charge in [-0.1, -0.05) is 42.5 Å². The molecule has 1 amide bonds. The Balaban J connectivity index is 1.40. The van der Waals surface area contributed by atoms with Crippen molar-refractivity contribution in [3.8, 4) is 5.75 Å². The van der Waals surface area contributed by atoms with E-state index in [4.69, 9.17) is 4.74 Å². The van der Waals surface area contributed by atoms with Crippen LogP contribution in [0.25, 0.3) is 10.8 Å². The van der Waals surface area contributed by atoms with E-state index in [1.165, 1.54) is 17.0 Å². The summed E-state index contributed by atoms with van der Waals surface area (Å²) in [5.41, 5.74) is 4.89. The number of carbonyl (C=O) groups is 1. The first-order chi connectivity index (χ1) is 14.7. The summed E-state index contributed by atoms with van der Waals surface area (Å²) < 4.78 is 6.83. The van der Waals surface area contributed by atoms with Gasteiger partial charge in [-0.15, -0.1) is 0 Å². The first-order valence-electron chi connectivity index (χ1n) is 9.33. The molecule has 0 aliphatic rings. The standard InChI is InChI=1S/C24H18BrN3O2/c25-22-13-17(14-27-28-24(29)19-8-4-12-26-15-19)10-11-23(22)30-16-20-7-3-6-18-5-1-2-9-21(18)20/h1-15H,16H2,(H,28,29)/b27-14-. The highest BCUT2D eigenvalue weighted by Crippen LogP contribution is 2.27. The number of nitrogens with zero attached hydrogens (tertiary/aromatic N) is 2. The maximum absolute atomic E-state index is 12.0. The second kappa shape index (κ2) is 9.33. The number of aromatic nitrogens is 1. The van der Waals surface area contributed by atoms with Crippen LogP contribution in [0.1, 0.15) is 21.5 Å². The molecule has 0 atom stereocenters. The van der Waals surface area contributed by atoms with Gasteiger partial charge in [0.05, 0.1) is 16.3 Å². The van der Waals surface area contributed by atoms with Gasteiger partial charge in [0.25, 0.3) is 5.91 Å². The zero-order valence-corrected chi connectivity index (χ0v) is 17.5. The van der Waals surface area contributed by atoms with Gasteiger partial charge in [-0.3, -0.25) is 9.78 Å². The summed E-state index contributed by atoms with van der Waals surface area (Å²) in [6.45, 7) is 0.467. The van der Waals surface area contributed by atoms with Crippen LogP contribution < -0.4 is 10.2 Å². The Morgan fingerprint density at radius 3 is 2.77 bits per heavy atom. The molecule has 30 heavy (non-hydrogen) atoms. The van der Waals surface area contributed by atoms with Gasteiger partial charge in [0.1, 0.15) is 12.4 Å². The number of halogens is 1. The molecular formula is C24H18BrN3O2. The van der Waals surface area contributed by atoms with Crippen LogP contribution in [0.4, 0.5) is 0 Å². The number of hydrogen-bond acceptors (Lipinski definition) is 4. The van der Waals surface area contributed by atoms with Crippen LogP contribution in [0, 0.1) is 0 Å². The summed E-state index contributed by atoms with van der Waals surface area (Å²) in [5.74, 6) is 0.424. The van der Waals surface area contributed by atoms with E-state index < -0.39 is 0 Å². The number of nitrogens with one attached hydrogen (secondary N) is 1. The average Bonchev–Trinajstić information content (AvgIpc) is 2.79. The molecule has 0 aliphatic heterocycles. The molecule has 6 heteroatoms. The largest absolute Gasteiger partial charge is 0.488 e. The van der Waals surface area contributed by atoms with Crippen LogP contribution in [0.3, 0.4) is 0 Å². The van der Waals surface area contributed by atoms with Gasteiger partial charge in [-0.05, 0) is 68.2 Å². The molecule has 0 unspecified atom stereocenters. The first kappa shape index (κ1) is 19.8. The number of hydrogen-bond donors (Lipinski definition) is 1. The number of rotatable bonds is 6. The van der Waals surface area contributed by atoms with Crippen molar-refractivity contribution in [1.29, 1.82) is 0 Å². The van der Waals surface area contributed by atoms with Crippen LogP contribution in [0.2, 0.25) is 0 Å². The summed E-state index contributed by atoms with van der Waals surface area (Å²) in [6, 6.07) is 23.5. The van der Waals surface area contributed by atoms with Gasteiger partial charge in [-0.2, -0.15) is 5.10 Å². The fourth-order valence-electron chi connectivity index (χ4n) is 3.02. The zero-order chi connectivity index (χ0) is 20.8. The van der Waals surface area contributed by atoms with E-state index in [-0.39, 0.29) is 5.91 Å². The molecule has 0 spiro atoms. The highest BCUT2D eigenvalue weighted by molar-refractivity contribution is 9.10. The van der Waals surface area contributed by atoms with Crippen LogP contribution in [-0.2, 0) is 6.61 Å². The summed E-state index contributed by atoms with van der Waals surface area (Å²) in [7, 11) is 0. The number of carbonyl (C=O) groups excluding carboxylic acids is 1. The predicted octanol–water partition coefficient (Wildman–Crippen LogP) is 5.34. The maximum Gasteiger partial charge on any atom is 0.272 e. The van der Waals surface area contributed by atoms with Crippen LogP contribution in [-0.4, -0.2) is 17.1 Å². The zero-order valence-electron chi connectivity index (χ0n) is 16.0. The monoisotopic (exact) mass is 459 g/mol. The van der Waals surface area contributed by atoms with Crippen molar-refractivity contribution >= 4 is 38.8 Å². The van der Waals surface area contributed by atoms with Gasteiger partial charge < -0.3 is 4.74 Å². The lowest BCUT2D eigenvalue weighted by atomic mass is 10.1. The Morgan fingerprint density at radius 2 is 1.93 bits per heavy atom. The quantitative estimate of drug-likeness (QED) is 0.312. The van der Waals surface area contributed by atoms with Crippen molar-refractivity contribution in [2.45, 2.75) is 6.61 Å². The van der Waals surface area contributed by atoms with Gasteiger partial charge >= 0.3 is 0 Å². The van der Waals surface area contributed by atoms with Crippen molar-refractivity contribution in [3.63, 3.8) is 0 Å². The van der Waals surface area contributed by atoms with Crippen molar-refractivity contribution in [2.75, 3.05) is 0 Å². The topological polar surface area (TPSA) is 63.6 Å². The Labute approximate surface area is 182 Å². The number of fused-ring (bicyclic) bond motifs is 1. The van der Waals surface area contributed by atoms with Crippen molar-refractivity contribution in [1.82, 2.24) is 10.4 Å². The van der Waals surface area contributed by atoms with Crippen molar-refractivity contribution in [3.05, 3.63) is 106 Å². The number of pyridine rings is 1. The molecule has 0 aliphatic carbocycles. The van der Waals surface area contributed by atoms with E-state index in [0.717, 1.165) is 21.3 Å². The Bertz CT molecular complexity index is 1200. The third-order valence-corrected chi connectivity index (χ3v) is 5.14. The molecule has 0 radical (unpaired) electrons. The molecule has 0 fully saturated rings. The minimum Gasteiger partial charge on any atom is -0.488 e. The molecule has 1 aromatic heterocycles. The fraction of sp³-hybridized carbons (Fsp3) is 0.0417. The molecule has 0 bridgehead atoms. The molecule has 3 aromatic carbocycles. The molecule has 0 saturated carbocycles. The van der Waals surface area contributed by atoms with Crippen LogP contribution >= 0.6 is 15.9 Å². The number of amides is 1. The molecule has 1 N–H and O–H groups in total. The first-order valence-corrected chi connectivity index (χ1v) is 10.1. The molecule has 5 nitrogen and oxygen atoms in total. The summed E-state index contributed by atoms with van der Waals surface area (Å²) in [6.07, 6.45) is 4.68. The molecule has 148 valence electrons. The highest BCUT2D eigenvalue weighted by Gasteiger charge is 2.06. The predicted molar refractivity (Wildman–Crippen MR) is 122 cm³/mol. The summed E-state index contributed by atoms with van der Waals surface area (Å²) in [4.78, 5) is 15.9. The SMILES string of the molecule is O=C(N/N=C\c1ccc(OCc2cccc3ccccc23)c(Br)c1)c1cccnc1. The third-order valence-electron chi connectivity index (χ3n) is 4.52. The Morgan fingerprint density at radius 1 is 1.07 bits per heavy atom. The van der Waals surface area contributed by atoms with Gasteiger partial charge in [0.15, 0.2) is 0 Å². The molecule has 0 saturated heterocycles. The lowest BCUT2D eigenvalue weighted by Gasteiger charge is -2.11. The number of hydrazone groups is 1. The number of benzene rings is 3. The summed E-state index contributed by atoms with van der Waals surface area (Å²) >= 11 is 3.55. The lowest BCUT2D eigenvalue weighted by Crippen LogP contribution is -2.17. The van der Waals surface area contributed by atoms with Crippen LogP contribution in [0.5, 0.6) is 5.75 Å². The third kappa shape index (κ3) is 4.72. The minimum absolute atomic E-state index is 0.312. The van der Waals surface area contributed by atoms with E-state index in [9.17, 15) is 4.79 Å². The van der Waals surface area contributed by atoms with E-state index in [1.807, 2.05) is 36.4 Å². The highest BCUT2D eigenvalue weighted by atomic mass is 79.9. The fourth-order valence-corrected chi connectivity index (χ4v) is 3.53. The second-order valence-electron chi connectivity index (χ2n) is 6.56. The van der Waals surface area contributed by atoms with E-state index in [1.54, 1.807) is 24.5 Å². The molecular weight excluding hydrogens is 442 g/mol. The molecule has 1 heterocycles. The van der Waals surface area contributed by atoms with Gasteiger partial charge in [0, 0.05) is 12.4 Å². The maximum atomic E-state index is 12.0. The van der Waals surface area contributed by atoms with Crippen molar-refractivity contribution in [2.24, 2.45) is 5.10 Å². The minimum atomic E-state index is -0.312. The summed E-state index contributed by atoms with van der Waals surface area (Å²) in [5, 5.41) is 6.38. The van der Waals surface area contributed by atoms with E-state index in [0.29, 0.717) is 12.2 Å². The van der Waals surface area contributed by atoms with Crippen molar-refractivity contribution < 1.29 is 9.53 Å². The molecule has 4 aromatic rings. The number of ether oxygens (including phenoxy) is 1. The van der Waals surface area contributed by atoms with E-state index >= 15 is 0 Å². The molecule has 4 rings (SSSR count). The van der Waals surface area contributed by atoms with Gasteiger partial charge in [0.2, 0.25) is 0 Å². The average molecular weight is 460 g/mol. The Kier molecular flexibility index (Phi) is 6.15. The Hall–Kier alpha value is -3.51. The van der Waals surface area contributed by atoms with E-state index in [2.05, 4.69) is 55.7 Å². The van der Waals surface area contributed by atoms with Crippen LogP contribution in [0.15, 0.2) is 94.8 Å². The lowest BCUT2D eigenvalue weighted by molar-refractivity contribution is 0.0955. The van der Waals surface area contributed by atoms with Gasteiger partial charge in [-0.25, -0.2) is 5.43 Å². The second-order valence-corrected chi connectivity index (χ2v) is 7.41.